The summed E-state index contributed by atoms with van der Waals surface area (Å²) in [5.41, 5.74) is 2.46. The lowest BCUT2D eigenvalue weighted by Crippen LogP contribution is -1.97. The smallest absolute Gasteiger partial charge is 0.161 e. The maximum Gasteiger partial charge on any atom is 0.161 e. The van der Waals surface area contributed by atoms with E-state index in [0.717, 1.165) is 31.1 Å². The Balaban J connectivity index is 1.92. The molecular formula is C14H13BrO2S. The van der Waals surface area contributed by atoms with Gasteiger partial charge in [0.25, 0.3) is 0 Å². The highest BCUT2D eigenvalue weighted by Crippen LogP contribution is 2.37. The van der Waals surface area contributed by atoms with Crippen LogP contribution in [0.1, 0.15) is 22.4 Å². The molecule has 1 aliphatic rings. The number of halogens is 1. The summed E-state index contributed by atoms with van der Waals surface area (Å²) < 4.78 is 11.3. The maximum atomic E-state index is 5.71. The topological polar surface area (TPSA) is 18.5 Å². The molecule has 0 amide bonds. The molecule has 1 unspecified atom stereocenters. The van der Waals surface area contributed by atoms with Gasteiger partial charge in [0.15, 0.2) is 11.5 Å². The highest BCUT2D eigenvalue weighted by Gasteiger charge is 2.15. The quantitative estimate of drug-likeness (QED) is 0.762. The highest BCUT2D eigenvalue weighted by molar-refractivity contribution is 9.09. The third kappa shape index (κ3) is 2.40. The first-order valence-corrected chi connectivity index (χ1v) is 7.76. The molecule has 4 heteroatoms. The van der Waals surface area contributed by atoms with Crippen LogP contribution in [-0.2, 0) is 0 Å². The van der Waals surface area contributed by atoms with Gasteiger partial charge in [-0.2, -0.15) is 11.3 Å². The third-order valence-corrected chi connectivity index (χ3v) is 4.66. The number of alkyl halides is 1. The van der Waals surface area contributed by atoms with E-state index >= 15 is 0 Å². The summed E-state index contributed by atoms with van der Waals surface area (Å²) in [7, 11) is 0. The Hall–Kier alpha value is -1.00. The zero-order chi connectivity index (χ0) is 12.4. The monoisotopic (exact) mass is 324 g/mol. The Kier molecular flexibility index (Phi) is 3.57. The van der Waals surface area contributed by atoms with Crippen LogP contribution >= 0.6 is 27.3 Å². The number of rotatable bonds is 2. The first kappa shape index (κ1) is 12.1. The zero-order valence-electron chi connectivity index (χ0n) is 9.77. The van der Waals surface area contributed by atoms with Gasteiger partial charge in [-0.1, -0.05) is 22.0 Å². The van der Waals surface area contributed by atoms with E-state index < -0.39 is 0 Å². The lowest BCUT2D eigenvalue weighted by molar-refractivity contribution is 0.297. The van der Waals surface area contributed by atoms with Crippen molar-refractivity contribution in [2.75, 3.05) is 13.2 Å². The fourth-order valence-electron chi connectivity index (χ4n) is 1.95. The molecule has 0 bridgehead atoms. The van der Waals surface area contributed by atoms with Crippen molar-refractivity contribution in [2.24, 2.45) is 0 Å². The van der Waals surface area contributed by atoms with E-state index in [1.807, 2.05) is 6.07 Å². The van der Waals surface area contributed by atoms with Crippen molar-refractivity contribution in [3.8, 4) is 11.5 Å². The molecule has 18 heavy (non-hydrogen) atoms. The van der Waals surface area contributed by atoms with E-state index in [2.05, 4.69) is 44.9 Å². The number of benzene rings is 1. The van der Waals surface area contributed by atoms with Gasteiger partial charge in [0.05, 0.1) is 18.0 Å². The maximum absolute atomic E-state index is 5.71. The van der Waals surface area contributed by atoms with E-state index in [0.29, 0.717) is 0 Å². The molecule has 1 aromatic carbocycles. The number of fused-ring (bicyclic) bond motifs is 1. The first-order valence-electron chi connectivity index (χ1n) is 5.90. The van der Waals surface area contributed by atoms with Crippen LogP contribution in [0.3, 0.4) is 0 Å². The summed E-state index contributed by atoms with van der Waals surface area (Å²) in [6, 6.07) is 8.28. The van der Waals surface area contributed by atoms with Crippen LogP contribution in [0.2, 0.25) is 0 Å². The molecule has 2 heterocycles. The SMILES string of the molecule is BrC(c1ccsc1)c1ccc2c(c1)OCCCO2. The van der Waals surface area contributed by atoms with Gasteiger partial charge in [-0.3, -0.25) is 0 Å². The van der Waals surface area contributed by atoms with Crippen molar-refractivity contribution in [3.05, 3.63) is 46.2 Å². The molecule has 2 nitrogen and oxygen atoms in total. The summed E-state index contributed by atoms with van der Waals surface area (Å²) in [6.45, 7) is 1.45. The molecule has 0 fully saturated rings. The van der Waals surface area contributed by atoms with Gasteiger partial charge in [-0.05, 0) is 40.1 Å². The van der Waals surface area contributed by atoms with Crippen LogP contribution in [0.5, 0.6) is 11.5 Å². The number of hydrogen-bond acceptors (Lipinski definition) is 3. The predicted octanol–water partition coefficient (Wildman–Crippen LogP) is 4.39. The molecule has 2 aromatic rings. The Labute approximate surface area is 119 Å². The van der Waals surface area contributed by atoms with Crippen LogP contribution in [0.25, 0.3) is 0 Å². The fourth-order valence-corrected chi connectivity index (χ4v) is 3.38. The molecule has 0 saturated heterocycles. The Morgan fingerprint density at radius 3 is 2.67 bits per heavy atom. The average Bonchev–Trinajstić information content (AvgIpc) is 2.83. The average molecular weight is 325 g/mol. The Bertz CT molecular complexity index is 525. The van der Waals surface area contributed by atoms with Crippen molar-refractivity contribution < 1.29 is 9.47 Å². The lowest BCUT2D eigenvalue weighted by atomic mass is 10.1. The molecule has 1 aromatic heterocycles. The van der Waals surface area contributed by atoms with Gasteiger partial charge in [0.1, 0.15) is 0 Å². The van der Waals surface area contributed by atoms with Gasteiger partial charge in [0.2, 0.25) is 0 Å². The molecule has 3 rings (SSSR count). The van der Waals surface area contributed by atoms with E-state index in [1.54, 1.807) is 11.3 Å². The Morgan fingerprint density at radius 2 is 1.89 bits per heavy atom. The van der Waals surface area contributed by atoms with E-state index in [9.17, 15) is 0 Å². The summed E-state index contributed by atoms with van der Waals surface area (Å²) >= 11 is 5.44. The van der Waals surface area contributed by atoms with Gasteiger partial charge in [0, 0.05) is 6.42 Å². The Morgan fingerprint density at radius 1 is 1.06 bits per heavy atom. The van der Waals surface area contributed by atoms with Crippen molar-refractivity contribution in [1.82, 2.24) is 0 Å². The van der Waals surface area contributed by atoms with E-state index in [4.69, 9.17) is 9.47 Å². The van der Waals surface area contributed by atoms with Gasteiger partial charge >= 0.3 is 0 Å². The first-order chi connectivity index (χ1) is 8.84. The van der Waals surface area contributed by atoms with Crippen molar-refractivity contribution in [1.29, 1.82) is 0 Å². The largest absolute Gasteiger partial charge is 0.490 e. The molecule has 0 saturated carbocycles. The second-order valence-corrected chi connectivity index (χ2v) is 5.87. The van der Waals surface area contributed by atoms with Gasteiger partial charge < -0.3 is 9.47 Å². The van der Waals surface area contributed by atoms with Crippen LogP contribution < -0.4 is 9.47 Å². The molecule has 0 N–H and O–H groups in total. The van der Waals surface area contributed by atoms with Crippen LogP contribution in [0.15, 0.2) is 35.0 Å². The third-order valence-electron chi connectivity index (χ3n) is 2.90. The molecule has 1 aliphatic heterocycles. The molecule has 0 aliphatic carbocycles. The molecular weight excluding hydrogens is 312 g/mol. The molecule has 94 valence electrons. The van der Waals surface area contributed by atoms with Crippen LogP contribution in [0.4, 0.5) is 0 Å². The minimum Gasteiger partial charge on any atom is -0.490 e. The van der Waals surface area contributed by atoms with Crippen LogP contribution in [0, 0.1) is 0 Å². The minimum atomic E-state index is 0.209. The summed E-state index contributed by atoms with van der Waals surface area (Å²) in [5, 5.41) is 4.25. The molecule has 0 spiro atoms. The van der Waals surface area contributed by atoms with Crippen molar-refractivity contribution in [3.63, 3.8) is 0 Å². The number of ether oxygens (including phenoxy) is 2. The van der Waals surface area contributed by atoms with Crippen molar-refractivity contribution in [2.45, 2.75) is 11.2 Å². The normalized spacial score (nSPS) is 16.1. The number of thiophene rings is 1. The standard InChI is InChI=1S/C14H13BrO2S/c15-14(11-4-7-18-9-11)10-2-3-12-13(8-10)17-6-1-5-16-12/h2-4,7-9,14H,1,5-6H2. The van der Waals surface area contributed by atoms with E-state index in [1.165, 1.54) is 11.1 Å². The summed E-state index contributed by atoms with van der Waals surface area (Å²) in [4.78, 5) is 0.209. The molecule has 1 atom stereocenters. The van der Waals surface area contributed by atoms with Crippen molar-refractivity contribution >= 4 is 27.3 Å². The zero-order valence-corrected chi connectivity index (χ0v) is 12.2. The van der Waals surface area contributed by atoms with Gasteiger partial charge in [-0.25, -0.2) is 0 Å². The predicted molar refractivity (Wildman–Crippen MR) is 77.1 cm³/mol. The fraction of sp³-hybridized carbons (Fsp3) is 0.286. The van der Waals surface area contributed by atoms with Crippen LogP contribution in [-0.4, -0.2) is 13.2 Å². The lowest BCUT2D eigenvalue weighted by Gasteiger charge is -2.12. The highest BCUT2D eigenvalue weighted by atomic mass is 79.9. The summed E-state index contributed by atoms with van der Waals surface area (Å²) in [6.07, 6.45) is 0.937. The second-order valence-electron chi connectivity index (χ2n) is 4.18. The molecule has 0 radical (unpaired) electrons. The minimum absolute atomic E-state index is 0.209. The van der Waals surface area contributed by atoms with E-state index in [-0.39, 0.29) is 4.83 Å². The number of hydrogen-bond donors (Lipinski definition) is 0. The van der Waals surface area contributed by atoms with Gasteiger partial charge in [-0.15, -0.1) is 0 Å². The second kappa shape index (κ2) is 5.33. The summed E-state index contributed by atoms with van der Waals surface area (Å²) in [5.74, 6) is 1.70.